The number of anilines is 1. The van der Waals surface area contributed by atoms with Crippen LogP contribution in [-0.2, 0) is 4.79 Å². The molecule has 0 spiro atoms. The van der Waals surface area contributed by atoms with Crippen LogP contribution in [0.25, 0.3) is 0 Å². The first-order valence-electron chi connectivity index (χ1n) is 8.51. The second kappa shape index (κ2) is 9.18. The lowest BCUT2D eigenvalue weighted by molar-refractivity contribution is -0.124. The summed E-state index contributed by atoms with van der Waals surface area (Å²) in [6, 6.07) is 9.72. The molecule has 1 unspecified atom stereocenters. The van der Waals surface area contributed by atoms with E-state index >= 15 is 0 Å². The lowest BCUT2D eigenvalue weighted by atomic mass is 10.0. The molecular weight excluding hydrogens is 364 g/mol. The molecule has 1 atom stereocenters. The molecule has 0 aliphatic heterocycles. The van der Waals surface area contributed by atoms with Gasteiger partial charge in [0.2, 0.25) is 0 Å². The second-order valence-corrected chi connectivity index (χ2v) is 7.51. The highest BCUT2D eigenvalue weighted by Crippen LogP contribution is 2.13. The average molecular weight is 388 g/mol. The van der Waals surface area contributed by atoms with Crippen LogP contribution in [0, 0.1) is 5.92 Å². The summed E-state index contributed by atoms with van der Waals surface area (Å²) in [5.74, 6) is -1.38. The van der Waals surface area contributed by atoms with Crippen molar-refractivity contribution in [1.82, 2.24) is 16.2 Å². The van der Waals surface area contributed by atoms with Gasteiger partial charge in [0.25, 0.3) is 17.7 Å². The van der Waals surface area contributed by atoms with E-state index < -0.39 is 17.9 Å². The summed E-state index contributed by atoms with van der Waals surface area (Å²) in [5.41, 5.74) is 6.09. The molecule has 3 amide bonds. The van der Waals surface area contributed by atoms with Crippen molar-refractivity contribution in [3.63, 3.8) is 0 Å². The summed E-state index contributed by atoms with van der Waals surface area (Å²) < 4.78 is 0. The molecule has 1 heterocycles. The second-order valence-electron chi connectivity index (χ2n) is 6.56. The van der Waals surface area contributed by atoms with E-state index in [1.807, 2.05) is 38.9 Å². The van der Waals surface area contributed by atoms with Crippen molar-refractivity contribution in [2.75, 3.05) is 19.0 Å². The van der Waals surface area contributed by atoms with E-state index in [1.165, 1.54) is 11.3 Å². The van der Waals surface area contributed by atoms with Crippen LogP contribution in [0.4, 0.5) is 5.69 Å². The van der Waals surface area contributed by atoms with E-state index in [9.17, 15) is 14.4 Å². The molecule has 144 valence electrons. The van der Waals surface area contributed by atoms with Crippen LogP contribution in [0.3, 0.4) is 0 Å². The fraction of sp³-hybridized carbons (Fsp3) is 0.316. The molecule has 3 N–H and O–H groups in total. The van der Waals surface area contributed by atoms with Crippen LogP contribution in [0.2, 0.25) is 0 Å². The van der Waals surface area contributed by atoms with E-state index in [-0.39, 0.29) is 11.8 Å². The Labute approximate surface area is 162 Å². The number of rotatable bonds is 6. The van der Waals surface area contributed by atoms with Crippen molar-refractivity contribution < 1.29 is 14.4 Å². The van der Waals surface area contributed by atoms with E-state index in [1.54, 1.807) is 35.7 Å². The number of benzene rings is 1. The summed E-state index contributed by atoms with van der Waals surface area (Å²) >= 11 is 1.30. The van der Waals surface area contributed by atoms with E-state index in [2.05, 4.69) is 16.2 Å². The molecule has 1 aromatic carbocycles. The van der Waals surface area contributed by atoms with Crippen LogP contribution in [0.15, 0.2) is 41.8 Å². The Morgan fingerprint density at radius 2 is 1.74 bits per heavy atom. The van der Waals surface area contributed by atoms with Gasteiger partial charge < -0.3 is 10.2 Å². The molecule has 0 aliphatic rings. The van der Waals surface area contributed by atoms with Gasteiger partial charge in [-0.05, 0) is 35.6 Å². The standard InChI is InChI=1S/C19H24N4O3S/c1-12(2)16(20-18(25)15-9-6-10-27-15)19(26)22-21-17(24)13-7-5-8-14(11-13)23(3)4/h5-12,16H,1-4H3,(H,20,25)(H,21,24)(H,22,26). The monoisotopic (exact) mass is 388 g/mol. The SMILES string of the molecule is CC(C)C(NC(=O)c1cccs1)C(=O)NNC(=O)c1cccc(N(C)C)c1. The molecule has 0 bridgehead atoms. The van der Waals surface area contributed by atoms with E-state index in [0.717, 1.165) is 5.69 Å². The summed E-state index contributed by atoms with van der Waals surface area (Å²) in [6.07, 6.45) is 0. The molecule has 0 saturated carbocycles. The molecular formula is C19H24N4O3S. The highest BCUT2D eigenvalue weighted by Gasteiger charge is 2.25. The number of nitrogens with zero attached hydrogens (tertiary/aromatic N) is 1. The molecule has 2 rings (SSSR count). The maximum atomic E-state index is 12.5. The van der Waals surface area contributed by atoms with Gasteiger partial charge in [-0.15, -0.1) is 11.3 Å². The number of thiophene rings is 1. The first-order chi connectivity index (χ1) is 12.8. The largest absolute Gasteiger partial charge is 0.378 e. The molecule has 0 radical (unpaired) electrons. The predicted molar refractivity (Wildman–Crippen MR) is 107 cm³/mol. The Kier molecular flexibility index (Phi) is 6.95. The number of nitrogens with one attached hydrogen (secondary N) is 3. The molecule has 0 aliphatic carbocycles. The minimum absolute atomic E-state index is 0.150. The Hall–Kier alpha value is -2.87. The molecule has 1 aromatic heterocycles. The zero-order valence-corrected chi connectivity index (χ0v) is 16.6. The van der Waals surface area contributed by atoms with Gasteiger partial charge in [-0.2, -0.15) is 0 Å². The van der Waals surface area contributed by atoms with Crippen molar-refractivity contribution in [3.05, 3.63) is 52.2 Å². The van der Waals surface area contributed by atoms with Crippen LogP contribution >= 0.6 is 11.3 Å². The number of carbonyl (C=O) groups excluding carboxylic acids is 3. The Bertz CT molecular complexity index is 803. The summed E-state index contributed by atoms with van der Waals surface area (Å²) in [7, 11) is 3.75. The highest BCUT2D eigenvalue weighted by atomic mass is 32.1. The zero-order chi connectivity index (χ0) is 20.0. The molecule has 0 saturated heterocycles. The van der Waals surface area contributed by atoms with Gasteiger partial charge in [0, 0.05) is 25.3 Å². The summed E-state index contributed by atoms with van der Waals surface area (Å²) in [5, 5.41) is 4.50. The van der Waals surface area contributed by atoms with Gasteiger partial charge in [0.15, 0.2) is 0 Å². The Morgan fingerprint density at radius 1 is 1.00 bits per heavy atom. The fourth-order valence-corrected chi connectivity index (χ4v) is 2.98. The maximum Gasteiger partial charge on any atom is 0.269 e. The third kappa shape index (κ3) is 5.55. The van der Waals surface area contributed by atoms with Crippen LogP contribution in [0.5, 0.6) is 0 Å². The number of hydrogen-bond donors (Lipinski definition) is 3. The molecule has 7 nitrogen and oxygen atoms in total. The lowest BCUT2D eigenvalue weighted by Gasteiger charge is -2.21. The number of hydrazine groups is 1. The molecule has 27 heavy (non-hydrogen) atoms. The Balaban J connectivity index is 1.98. The van der Waals surface area contributed by atoms with Gasteiger partial charge in [-0.3, -0.25) is 25.2 Å². The van der Waals surface area contributed by atoms with Crippen molar-refractivity contribution in [2.24, 2.45) is 5.92 Å². The predicted octanol–water partition coefficient (Wildman–Crippen LogP) is 2.03. The minimum Gasteiger partial charge on any atom is -0.378 e. The quantitative estimate of drug-likeness (QED) is 0.661. The number of amides is 3. The molecule has 0 fully saturated rings. The van der Waals surface area contributed by atoms with Crippen LogP contribution in [0.1, 0.15) is 33.9 Å². The van der Waals surface area contributed by atoms with Crippen molar-refractivity contribution in [2.45, 2.75) is 19.9 Å². The minimum atomic E-state index is -0.770. The van der Waals surface area contributed by atoms with Gasteiger partial charge in [-0.25, -0.2) is 0 Å². The lowest BCUT2D eigenvalue weighted by Crippen LogP contribution is -2.54. The first kappa shape index (κ1) is 20.4. The number of carbonyl (C=O) groups is 3. The normalized spacial score (nSPS) is 11.6. The zero-order valence-electron chi connectivity index (χ0n) is 15.8. The molecule has 8 heteroatoms. The fourth-order valence-electron chi connectivity index (χ4n) is 2.35. The third-order valence-corrected chi connectivity index (χ3v) is 4.77. The van der Waals surface area contributed by atoms with E-state index in [0.29, 0.717) is 10.4 Å². The number of hydrogen-bond acceptors (Lipinski definition) is 5. The summed E-state index contributed by atoms with van der Waals surface area (Å²) in [4.78, 5) is 39.4. The maximum absolute atomic E-state index is 12.5. The van der Waals surface area contributed by atoms with E-state index in [4.69, 9.17) is 0 Å². The van der Waals surface area contributed by atoms with Gasteiger partial charge in [-0.1, -0.05) is 26.0 Å². The van der Waals surface area contributed by atoms with Crippen LogP contribution in [-0.4, -0.2) is 37.9 Å². The van der Waals surface area contributed by atoms with Gasteiger partial charge in [0.05, 0.1) is 4.88 Å². The molecule has 2 aromatic rings. The van der Waals surface area contributed by atoms with Crippen molar-refractivity contribution in [1.29, 1.82) is 0 Å². The smallest absolute Gasteiger partial charge is 0.269 e. The average Bonchev–Trinajstić information content (AvgIpc) is 3.18. The summed E-state index contributed by atoms with van der Waals surface area (Å²) in [6.45, 7) is 3.64. The van der Waals surface area contributed by atoms with Gasteiger partial charge in [0.1, 0.15) is 6.04 Å². The van der Waals surface area contributed by atoms with Crippen molar-refractivity contribution >= 4 is 34.7 Å². The highest BCUT2D eigenvalue weighted by molar-refractivity contribution is 7.12. The first-order valence-corrected chi connectivity index (χ1v) is 9.39. The van der Waals surface area contributed by atoms with Crippen LogP contribution < -0.4 is 21.1 Å². The van der Waals surface area contributed by atoms with Gasteiger partial charge >= 0.3 is 0 Å². The Morgan fingerprint density at radius 3 is 2.33 bits per heavy atom. The third-order valence-electron chi connectivity index (χ3n) is 3.90. The topological polar surface area (TPSA) is 90.5 Å². The van der Waals surface area contributed by atoms with Crippen molar-refractivity contribution in [3.8, 4) is 0 Å².